The lowest BCUT2D eigenvalue weighted by atomic mass is 10.2. The fraction of sp³-hybridized carbons (Fsp3) is 0.200. The van der Waals surface area contributed by atoms with E-state index in [2.05, 4.69) is 4.72 Å². The van der Waals surface area contributed by atoms with Gasteiger partial charge in [0.15, 0.2) is 11.6 Å². The summed E-state index contributed by atoms with van der Waals surface area (Å²) in [4.78, 5) is 0.221. The summed E-state index contributed by atoms with van der Waals surface area (Å²) >= 11 is 0. The molecular formula is C15H16FNO3S. The molecule has 0 aliphatic heterocycles. The zero-order valence-electron chi connectivity index (χ0n) is 11.8. The van der Waals surface area contributed by atoms with Gasteiger partial charge >= 0.3 is 0 Å². The lowest BCUT2D eigenvalue weighted by molar-refractivity contribution is 0.386. The van der Waals surface area contributed by atoms with E-state index in [1.54, 1.807) is 31.2 Å². The van der Waals surface area contributed by atoms with E-state index < -0.39 is 15.8 Å². The molecule has 1 N–H and O–H groups in total. The van der Waals surface area contributed by atoms with Gasteiger partial charge in [-0.15, -0.1) is 0 Å². The summed E-state index contributed by atoms with van der Waals surface area (Å²) in [6.07, 6.45) is 0. The van der Waals surface area contributed by atoms with E-state index in [1.807, 2.05) is 0 Å². The summed E-state index contributed by atoms with van der Waals surface area (Å²) in [6.45, 7) is 1.74. The normalized spacial score (nSPS) is 11.4. The van der Waals surface area contributed by atoms with Crippen molar-refractivity contribution in [1.29, 1.82) is 0 Å². The second kappa shape index (κ2) is 6.24. The van der Waals surface area contributed by atoms with E-state index in [0.29, 0.717) is 11.1 Å². The van der Waals surface area contributed by atoms with Crippen LogP contribution < -0.4 is 9.46 Å². The van der Waals surface area contributed by atoms with Gasteiger partial charge in [0, 0.05) is 6.54 Å². The molecule has 4 nitrogen and oxygen atoms in total. The first-order valence-corrected chi connectivity index (χ1v) is 7.80. The van der Waals surface area contributed by atoms with Gasteiger partial charge in [-0.05, 0) is 36.2 Å². The first-order chi connectivity index (χ1) is 9.94. The second-order valence-electron chi connectivity index (χ2n) is 4.56. The number of hydrogen-bond donors (Lipinski definition) is 1. The summed E-state index contributed by atoms with van der Waals surface area (Å²) in [7, 11) is -2.25. The molecule has 2 rings (SSSR count). The van der Waals surface area contributed by atoms with Crippen LogP contribution in [0.2, 0.25) is 0 Å². The van der Waals surface area contributed by atoms with Crippen molar-refractivity contribution in [3.8, 4) is 5.75 Å². The third-order valence-electron chi connectivity index (χ3n) is 3.07. The van der Waals surface area contributed by atoms with Gasteiger partial charge in [-0.3, -0.25) is 0 Å². The highest BCUT2D eigenvalue weighted by Crippen LogP contribution is 2.18. The summed E-state index contributed by atoms with van der Waals surface area (Å²) in [5.41, 5.74) is 1.18. The number of halogens is 1. The molecule has 0 saturated carbocycles. The highest BCUT2D eigenvalue weighted by molar-refractivity contribution is 7.89. The summed E-state index contributed by atoms with van der Waals surface area (Å²) in [6, 6.07) is 11.0. The average Bonchev–Trinajstić information content (AvgIpc) is 2.45. The zero-order chi connectivity index (χ0) is 15.5. The van der Waals surface area contributed by atoms with Crippen LogP contribution in [0.3, 0.4) is 0 Å². The third kappa shape index (κ3) is 3.59. The summed E-state index contributed by atoms with van der Waals surface area (Å²) in [5.74, 6) is -0.398. The van der Waals surface area contributed by atoms with Gasteiger partial charge in [0.2, 0.25) is 10.0 Å². The maximum Gasteiger partial charge on any atom is 0.241 e. The molecule has 21 heavy (non-hydrogen) atoms. The van der Waals surface area contributed by atoms with Crippen LogP contribution in [-0.2, 0) is 16.6 Å². The number of benzene rings is 2. The minimum Gasteiger partial charge on any atom is -0.494 e. The standard InChI is InChI=1S/C15H16FNO3S/c1-11-5-3-4-6-15(11)21(18,19)17-10-12-7-8-14(20-2)13(16)9-12/h3-9,17H,10H2,1-2H3. The Morgan fingerprint density at radius 2 is 1.90 bits per heavy atom. The topological polar surface area (TPSA) is 55.4 Å². The quantitative estimate of drug-likeness (QED) is 0.923. The van der Waals surface area contributed by atoms with Gasteiger partial charge in [0.05, 0.1) is 12.0 Å². The molecule has 0 bridgehead atoms. The largest absolute Gasteiger partial charge is 0.494 e. The highest BCUT2D eigenvalue weighted by Gasteiger charge is 2.16. The predicted molar refractivity (Wildman–Crippen MR) is 78.2 cm³/mol. The van der Waals surface area contributed by atoms with E-state index in [1.165, 1.54) is 25.3 Å². The van der Waals surface area contributed by atoms with Gasteiger partial charge in [0.1, 0.15) is 0 Å². The highest BCUT2D eigenvalue weighted by atomic mass is 32.2. The number of methoxy groups -OCH3 is 1. The van der Waals surface area contributed by atoms with Crippen molar-refractivity contribution in [2.75, 3.05) is 7.11 Å². The summed E-state index contributed by atoms with van der Waals surface area (Å²) < 4.78 is 45.2. The van der Waals surface area contributed by atoms with Crippen LogP contribution in [-0.4, -0.2) is 15.5 Å². The van der Waals surface area contributed by atoms with Gasteiger partial charge in [-0.25, -0.2) is 17.5 Å². The van der Waals surface area contributed by atoms with Crippen LogP contribution in [0.1, 0.15) is 11.1 Å². The molecule has 0 saturated heterocycles. The van der Waals surface area contributed by atoms with E-state index in [9.17, 15) is 12.8 Å². The minimum atomic E-state index is -3.62. The van der Waals surface area contributed by atoms with E-state index in [4.69, 9.17) is 4.74 Å². The number of hydrogen-bond acceptors (Lipinski definition) is 3. The molecule has 0 heterocycles. The number of nitrogens with one attached hydrogen (secondary N) is 1. The number of ether oxygens (including phenoxy) is 1. The maximum atomic E-state index is 13.6. The first-order valence-electron chi connectivity index (χ1n) is 6.32. The molecule has 0 spiro atoms. The zero-order valence-corrected chi connectivity index (χ0v) is 12.6. The smallest absolute Gasteiger partial charge is 0.241 e. The summed E-state index contributed by atoms with van der Waals surface area (Å²) in [5, 5.41) is 0. The molecule has 0 aromatic heterocycles. The Morgan fingerprint density at radius 3 is 2.52 bits per heavy atom. The Labute approximate surface area is 123 Å². The lowest BCUT2D eigenvalue weighted by Gasteiger charge is -2.10. The SMILES string of the molecule is COc1ccc(CNS(=O)(=O)c2ccccc2C)cc1F. The van der Waals surface area contributed by atoms with Gasteiger partial charge in [-0.2, -0.15) is 0 Å². The second-order valence-corrected chi connectivity index (χ2v) is 6.29. The van der Waals surface area contributed by atoms with Crippen LogP contribution in [0.25, 0.3) is 0 Å². The molecule has 0 aliphatic rings. The van der Waals surface area contributed by atoms with Crippen molar-refractivity contribution >= 4 is 10.0 Å². The molecule has 0 fully saturated rings. The Balaban J connectivity index is 2.16. The van der Waals surface area contributed by atoms with Crippen LogP contribution in [0.5, 0.6) is 5.75 Å². The molecule has 0 atom stereocenters. The molecule has 112 valence electrons. The molecule has 6 heteroatoms. The van der Waals surface area contributed by atoms with Crippen molar-refractivity contribution < 1.29 is 17.5 Å². The first kappa shape index (κ1) is 15.5. The van der Waals surface area contributed by atoms with Crippen LogP contribution in [0, 0.1) is 12.7 Å². The molecule has 2 aromatic carbocycles. The number of rotatable bonds is 5. The van der Waals surface area contributed by atoms with Crippen LogP contribution >= 0.6 is 0 Å². The molecule has 0 unspecified atom stereocenters. The van der Waals surface area contributed by atoms with Crippen molar-refractivity contribution in [3.05, 3.63) is 59.4 Å². The average molecular weight is 309 g/mol. The maximum absolute atomic E-state index is 13.6. The molecule has 0 radical (unpaired) electrons. The minimum absolute atomic E-state index is 0.0115. The Kier molecular flexibility index (Phi) is 4.59. The van der Waals surface area contributed by atoms with Crippen molar-refractivity contribution in [1.82, 2.24) is 4.72 Å². The van der Waals surface area contributed by atoms with Crippen molar-refractivity contribution in [2.24, 2.45) is 0 Å². The number of aryl methyl sites for hydroxylation is 1. The van der Waals surface area contributed by atoms with Crippen LogP contribution in [0.15, 0.2) is 47.4 Å². The molecule has 0 aliphatic carbocycles. The van der Waals surface area contributed by atoms with Crippen molar-refractivity contribution in [3.63, 3.8) is 0 Å². The van der Waals surface area contributed by atoms with Gasteiger partial charge < -0.3 is 4.74 Å². The molecule has 2 aromatic rings. The van der Waals surface area contributed by atoms with Crippen LogP contribution in [0.4, 0.5) is 4.39 Å². The molecular weight excluding hydrogens is 293 g/mol. The lowest BCUT2D eigenvalue weighted by Crippen LogP contribution is -2.24. The van der Waals surface area contributed by atoms with E-state index in [0.717, 1.165) is 0 Å². The van der Waals surface area contributed by atoms with Crippen molar-refractivity contribution in [2.45, 2.75) is 18.4 Å². The molecule has 0 amide bonds. The van der Waals surface area contributed by atoms with Gasteiger partial charge in [-0.1, -0.05) is 24.3 Å². The Bertz CT molecular complexity index is 744. The Morgan fingerprint density at radius 1 is 1.19 bits per heavy atom. The van der Waals surface area contributed by atoms with Gasteiger partial charge in [0.25, 0.3) is 0 Å². The predicted octanol–water partition coefficient (Wildman–Crippen LogP) is 2.62. The third-order valence-corrected chi connectivity index (χ3v) is 4.63. The monoisotopic (exact) mass is 309 g/mol. The van der Waals surface area contributed by atoms with E-state index >= 15 is 0 Å². The Hall–Kier alpha value is -1.92. The number of sulfonamides is 1. The van der Waals surface area contributed by atoms with E-state index in [-0.39, 0.29) is 17.2 Å². The fourth-order valence-corrected chi connectivity index (χ4v) is 3.20. The fourth-order valence-electron chi connectivity index (χ4n) is 1.93.